The van der Waals surface area contributed by atoms with Crippen LogP contribution in [0.4, 0.5) is 23.2 Å². The molecule has 0 spiro atoms. The highest BCUT2D eigenvalue weighted by Gasteiger charge is 2.30. The minimum absolute atomic E-state index is 0.00352. The quantitative estimate of drug-likeness (QED) is 0.227. The maximum absolute atomic E-state index is 13.5. The number of carbonyl (C=O) groups is 1. The van der Waals surface area contributed by atoms with E-state index in [-0.39, 0.29) is 24.0 Å². The van der Waals surface area contributed by atoms with Crippen molar-refractivity contribution in [1.29, 1.82) is 0 Å². The van der Waals surface area contributed by atoms with E-state index in [2.05, 4.69) is 15.4 Å². The Hall–Kier alpha value is -4.25. The van der Waals surface area contributed by atoms with Crippen molar-refractivity contribution in [1.82, 2.24) is 14.8 Å². The molecule has 3 aromatic carbocycles. The van der Waals surface area contributed by atoms with Crippen LogP contribution in [0.2, 0.25) is 0 Å². The van der Waals surface area contributed by atoms with E-state index in [1.54, 1.807) is 24.3 Å². The van der Waals surface area contributed by atoms with Gasteiger partial charge in [-0.2, -0.15) is 18.2 Å². The van der Waals surface area contributed by atoms with Gasteiger partial charge in [0.2, 0.25) is 0 Å². The summed E-state index contributed by atoms with van der Waals surface area (Å²) in [5.41, 5.74) is 0.562. The zero-order chi connectivity index (χ0) is 26.4. The van der Waals surface area contributed by atoms with Crippen molar-refractivity contribution in [2.24, 2.45) is 0 Å². The van der Waals surface area contributed by atoms with Gasteiger partial charge in [0.15, 0.2) is 5.82 Å². The van der Waals surface area contributed by atoms with Crippen LogP contribution >= 0.6 is 0 Å². The standard InChI is InChI=1S/C26H22F4N4O3/c1-2-36-13-14-37-25-32-23(17-9-11-19(12-10-17)26(28,29)30)34(33-25)22-8-4-7-21(16-22)31-24(35)18-5-3-6-20(27)15-18/h3-12,15-16H,2,13-14H2,1H3,(H,31,35). The molecule has 4 rings (SSSR count). The number of anilines is 1. The van der Waals surface area contributed by atoms with E-state index in [1.807, 2.05) is 6.92 Å². The Kier molecular flexibility index (Phi) is 7.83. The second-order valence-corrected chi connectivity index (χ2v) is 7.77. The van der Waals surface area contributed by atoms with Gasteiger partial charge in [0.05, 0.1) is 17.9 Å². The summed E-state index contributed by atoms with van der Waals surface area (Å²) in [6, 6.07) is 16.3. The normalized spacial score (nSPS) is 11.4. The lowest BCUT2D eigenvalue weighted by Gasteiger charge is -2.10. The maximum atomic E-state index is 13.5. The van der Waals surface area contributed by atoms with Gasteiger partial charge in [-0.1, -0.05) is 24.3 Å². The molecule has 11 heteroatoms. The fraction of sp³-hybridized carbons (Fsp3) is 0.192. The minimum Gasteiger partial charge on any atom is -0.460 e. The second-order valence-electron chi connectivity index (χ2n) is 7.77. The molecule has 1 N–H and O–H groups in total. The number of carbonyl (C=O) groups excluding carboxylic acids is 1. The molecule has 1 heterocycles. The molecule has 0 aliphatic carbocycles. The van der Waals surface area contributed by atoms with Gasteiger partial charge in [-0.15, -0.1) is 5.10 Å². The van der Waals surface area contributed by atoms with Crippen LogP contribution in [-0.2, 0) is 10.9 Å². The number of nitrogens with zero attached hydrogens (tertiary/aromatic N) is 3. The molecule has 0 bridgehead atoms. The summed E-state index contributed by atoms with van der Waals surface area (Å²) >= 11 is 0. The van der Waals surface area contributed by atoms with Gasteiger partial charge < -0.3 is 14.8 Å². The van der Waals surface area contributed by atoms with Crippen LogP contribution in [0.25, 0.3) is 17.1 Å². The minimum atomic E-state index is -4.48. The van der Waals surface area contributed by atoms with Gasteiger partial charge in [-0.3, -0.25) is 4.79 Å². The van der Waals surface area contributed by atoms with Crippen molar-refractivity contribution in [2.45, 2.75) is 13.1 Å². The molecular formula is C26H22F4N4O3. The first-order valence-electron chi connectivity index (χ1n) is 11.3. The van der Waals surface area contributed by atoms with E-state index in [9.17, 15) is 22.4 Å². The van der Waals surface area contributed by atoms with Crippen LogP contribution in [0.1, 0.15) is 22.8 Å². The van der Waals surface area contributed by atoms with Gasteiger partial charge in [-0.25, -0.2) is 9.07 Å². The third-order valence-electron chi connectivity index (χ3n) is 5.16. The average molecular weight is 514 g/mol. The predicted molar refractivity (Wildman–Crippen MR) is 128 cm³/mol. The van der Waals surface area contributed by atoms with Crippen LogP contribution in [-0.4, -0.2) is 40.5 Å². The molecule has 0 aliphatic rings. The molecule has 7 nitrogen and oxygen atoms in total. The maximum Gasteiger partial charge on any atom is 0.416 e. The molecule has 1 amide bonds. The summed E-state index contributed by atoms with van der Waals surface area (Å²) in [6.45, 7) is 2.84. The first-order valence-corrected chi connectivity index (χ1v) is 11.3. The molecule has 1 aromatic heterocycles. The Morgan fingerprint density at radius 1 is 1.00 bits per heavy atom. The summed E-state index contributed by atoms with van der Waals surface area (Å²) in [7, 11) is 0. The van der Waals surface area contributed by atoms with Gasteiger partial charge in [0, 0.05) is 23.4 Å². The summed E-state index contributed by atoms with van der Waals surface area (Å²) in [5.74, 6) is -0.825. The van der Waals surface area contributed by atoms with Crippen LogP contribution < -0.4 is 10.1 Å². The summed E-state index contributed by atoms with van der Waals surface area (Å²) < 4.78 is 64.8. The number of alkyl halides is 3. The molecule has 0 saturated heterocycles. The zero-order valence-corrected chi connectivity index (χ0v) is 19.6. The van der Waals surface area contributed by atoms with Gasteiger partial charge in [0.1, 0.15) is 12.4 Å². The SMILES string of the molecule is CCOCCOc1nc(-c2ccc(C(F)(F)F)cc2)n(-c2cccc(NC(=O)c3cccc(F)c3)c2)n1. The van der Waals surface area contributed by atoms with E-state index in [0.717, 1.165) is 18.2 Å². The topological polar surface area (TPSA) is 78.3 Å². The molecule has 0 radical (unpaired) electrons. The molecule has 0 aliphatic heterocycles. The van der Waals surface area contributed by atoms with Gasteiger partial charge in [0.25, 0.3) is 5.91 Å². The number of benzene rings is 3. The largest absolute Gasteiger partial charge is 0.460 e. The van der Waals surface area contributed by atoms with E-state index in [0.29, 0.717) is 30.2 Å². The number of aromatic nitrogens is 3. The predicted octanol–water partition coefficient (Wildman–Crippen LogP) is 5.76. The monoisotopic (exact) mass is 514 g/mol. The third-order valence-corrected chi connectivity index (χ3v) is 5.16. The molecule has 4 aromatic rings. The number of ether oxygens (including phenoxy) is 2. The summed E-state index contributed by atoms with van der Waals surface area (Å²) in [4.78, 5) is 16.9. The molecule has 0 unspecified atom stereocenters. The van der Waals surface area contributed by atoms with Crippen molar-refractivity contribution >= 4 is 11.6 Å². The lowest BCUT2D eigenvalue weighted by Crippen LogP contribution is -2.12. The molecule has 0 atom stereocenters. The number of nitrogens with one attached hydrogen (secondary N) is 1. The number of halogens is 4. The van der Waals surface area contributed by atoms with Crippen LogP contribution in [0.3, 0.4) is 0 Å². The Balaban J connectivity index is 1.65. The molecule has 192 valence electrons. The van der Waals surface area contributed by atoms with Crippen molar-refractivity contribution in [2.75, 3.05) is 25.1 Å². The molecular weight excluding hydrogens is 492 g/mol. The van der Waals surface area contributed by atoms with Crippen LogP contribution in [0, 0.1) is 5.82 Å². The Labute approximate surface area is 209 Å². The average Bonchev–Trinajstić information content (AvgIpc) is 3.31. The van der Waals surface area contributed by atoms with E-state index >= 15 is 0 Å². The molecule has 37 heavy (non-hydrogen) atoms. The molecule has 0 fully saturated rings. The number of rotatable bonds is 9. The van der Waals surface area contributed by atoms with Gasteiger partial charge >= 0.3 is 12.2 Å². The third kappa shape index (κ3) is 6.50. The Bertz CT molecular complexity index is 1370. The highest BCUT2D eigenvalue weighted by atomic mass is 19.4. The summed E-state index contributed by atoms with van der Waals surface area (Å²) in [6.07, 6.45) is -4.48. The fourth-order valence-electron chi connectivity index (χ4n) is 3.41. The molecule has 0 saturated carbocycles. The van der Waals surface area contributed by atoms with Crippen molar-refractivity contribution < 1.29 is 31.8 Å². The van der Waals surface area contributed by atoms with Crippen molar-refractivity contribution in [3.8, 4) is 23.1 Å². The lowest BCUT2D eigenvalue weighted by atomic mass is 10.1. The van der Waals surface area contributed by atoms with Crippen molar-refractivity contribution in [3.05, 3.63) is 89.7 Å². The number of hydrogen-bond donors (Lipinski definition) is 1. The first-order chi connectivity index (χ1) is 17.7. The zero-order valence-electron chi connectivity index (χ0n) is 19.6. The van der Waals surface area contributed by atoms with Crippen LogP contribution in [0.5, 0.6) is 6.01 Å². The van der Waals surface area contributed by atoms with E-state index < -0.39 is 23.5 Å². The second kappa shape index (κ2) is 11.2. The highest BCUT2D eigenvalue weighted by Crippen LogP contribution is 2.32. The smallest absolute Gasteiger partial charge is 0.416 e. The first kappa shape index (κ1) is 25.8. The highest BCUT2D eigenvalue weighted by molar-refractivity contribution is 6.04. The van der Waals surface area contributed by atoms with E-state index in [1.165, 1.54) is 35.0 Å². The van der Waals surface area contributed by atoms with Gasteiger partial charge in [-0.05, 0) is 55.5 Å². The summed E-state index contributed by atoms with van der Waals surface area (Å²) in [5, 5.41) is 7.05. The Morgan fingerprint density at radius 2 is 1.76 bits per heavy atom. The van der Waals surface area contributed by atoms with E-state index in [4.69, 9.17) is 9.47 Å². The lowest BCUT2D eigenvalue weighted by molar-refractivity contribution is -0.137. The fourth-order valence-corrected chi connectivity index (χ4v) is 3.41. The Morgan fingerprint density at radius 3 is 2.46 bits per heavy atom. The number of amides is 1. The number of hydrogen-bond acceptors (Lipinski definition) is 5. The van der Waals surface area contributed by atoms with Crippen LogP contribution in [0.15, 0.2) is 72.8 Å². The van der Waals surface area contributed by atoms with Crippen molar-refractivity contribution in [3.63, 3.8) is 0 Å².